The van der Waals surface area contributed by atoms with Gasteiger partial charge in [-0.15, -0.1) is 0 Å². The van der Waals surface area contributed by atoms with Crippen LogP contribution in [0.5, 0.6) is 0 Å². The smallest absolute Gasteiger partial charge is 0.0540 e. The maximum Gasteiger partial charge on any atom is 0.0540 e. The van der Waals surface area contributed by atoms with Crippen molar-refractivity contribution in [1.29, 1.82) is 0 Å². The molecule has 0 aromatic heterocycles. The first-order chi connectivity index (χ1) is 28.5. The van der Waals surface area contributed by atoms with E-state index in [1.165, 1.54) is 126 Å². The van der Waals surface area contributed by atoms with Crippen molar-refractivity contribution in [3.63, 3.8) is 0 Å². The van der Waals surface area contributed by atoms with E-state index in [0.717, 1.165) is 5.69 Å². The molecule has 58 heavy (non-hydrogen) atoms. The van der Waals surface area contributed by atoms with Gasteiger partial charge in [-0.25, -0.2) is 0 Å². The summed E-state index contributed by atoms with van der Waals surface area (Å²) < 4.78 is 0. The summed E-state index contributed by atoms with van der Waals surface area (Å²) in [5.74, 6) is 0.599. The maximum absolute atomic E-state index is 2.51. The Kier molecular flexibility index (Phi) is 8.33. The van der Waals surface area contributed by atoms with E-state index >= 15 is 0 Å². The highest BCUT2D eigenvalue weighted by atomic mass is 15.1. The fourth-order valence-corrected chi connectivity index (χ4v) is 10.6. The molecule has 280 valence electrons. The van der Waals surface area contributed by atoms with Crippen LogP contribution >= 0.6 is 0 Å². The fourth-order valence-electron chi connectivity index (χ4n) is 10.6. The normalized spacial score (nSPS) is 14.8. The molecule has 0 N–H and O–H groups in total. The molecule has 0 amide bonds. The zero-order chi connectivity index (χ0) is 38.8. The quantitative estimate of drug-likeness (QED) is 0.153. The van der Waals surface area contributed by atoms with Gasteiger partial charge in [0.1, 0.15) is 0 Å². The lowest BCUT2D eigenvalue weighted by molar-refractivity contribution is 0.445. The van der Waals surface area contributed by atoms with Crippen molar-refractivity contribution in [2.45, 2.75) is 57.3 Å². The Morgan fingerprint density at radius 3 is 1.93 bits per heavy atom. The summed E-state index contributed by atoms with van der Waals surface area (Å²) in [4.78, 5) is 2.51. The van der Waals surface area contributed by atoms with Gasteiger partial charge in [-0.3, -0.25) is 0 Å². The summed E-state index contributed by atoms with van der Waals surface area (Å²) in [6, 6.07) is 68.4. The SMILES string of the molecule is CC1(C)c2ccccc2-c2ccc(N(c3ccc(-c4cccc5c4ccc4ccccc45)cc3)c3ccccc3-c3cccc4cccc(C5CCCCC5)c34)cc21. The third kappa shape index (κ3) is 5.59. The minimum absolute atomic E-state index is 0.111. The number of hydrogen-bond donors (Lipinski definition) is 0. The van der Waals surface area contributed by atoms with E-state index in [-0.39, 0.29) is 5.41 Å². The average molecular weight is 746 g/mol. The molecule has 9 aromatic rings. The van der Waals surface area contributed by atoms with E-state index in [1.54, 1.807) is 0 Å². The summed E-state index contributed by atoms with van der Waals surface area (Å²) in [5, 5.41) is 7.87. The predicted molar refractivity (Wildman–Crippen MR) is 248 cm³/mol. The van der Waals surface area contributed by atoms with Crippen LogP contribution in [0.25, 0.3) is 65.7 Å². The molecule has 9 aromatic carbocycles. The first-order valence-electron chi connectivity index (χ1n) is 21.2. The lowest BCUT2D eigenvalue weighted by atomic mass is 9.80. The minimum atomic E-state index is -0.111. The van der Waals surface area contributed by atoms with Crippen molar-refractivity contribution in [3.8, 4) is 33.4 Å². The predicted octanol–water partition coefficient (Wildman–Crippen LogP) is 16.3. The molecular weight excluding hydrogens is 699 g/mol. The minimum Gasteiger partial charge on any atom is -0.310 e. The third-order valence-electron chi connectivity index (χ3n) is 13.5. The molecule has 11 rings (SSSR count). The van der Waals surface area contributed by atoms with Gasteiger partial charge in [0.15, 0.2) is 0 Å². The zero-order valence-corrected chi connectivity index (χ0v) is 33.4. The van der Waals surface area contributed by atoms with Gasteiger partial charge < -0.3 is 4.90 Å². The third-order valence-corrected chi connectivity index (χ3v) is 13.5. The second-order valence-electron chi connectivity index (χ2n) is 17.1. The highest BCUT2D eigenvalue weighted by Crippen LogP contribution is 2.52. The molecule has 0 spiro atoms. The molecule has 1 saturated carbocycles. The van der Waals surface area contributed by atoms with Crippen molar-refractivity contribution in [3.05, 3.63) is 199 Å². The maximum atomic E-state index is 2.51. The molecule has 1 nitrogen and oxygen atoms in total. The molecular formula is C57H47N. The first-order valence-corrected chi connectivity index (χ1v) is 21.2. The highest BCUT2D eigenvalue weighted by molar-refractivity contribution is 6.12. The monoisotopic (exact) mass is 745 g/mol. The topological polar surface area (TPSA) is 3.24 Å². The summed E-state index contributed by atoms with van der Waals surface area (Å²) in [5.41, 5.74) is 15.4. The van der Waals surface area contributed by atoms with Gasteiger partial charge in [0.05, 0.1) is 5.69 Å². The van der Waals surface area contributed by atoms with Crippen molar-refractivity contribution in [2.75, 3.05) is 4.90 Å². The van der Waals surface area contributed by atoms with E-state index in [1.807, 2.05) is 0 Å². The van der Waals surface area contributed by atoms with Gasteiger partial charge >= 0.3 is 0 Å². The van der Waals surface area contributed by atoms with Crippen LogP contribution in [-0.2, 0) is 5.41 Å². The Balaban J connectivity index is 1.10. The van der Waals surface area contributed by atoms with Crippen LogP contribution < -0.4 is 4.90 Å². The Hall–Kier alpha value is -6.44. The van der Waals surface area contributed by atoms with Crippen LogP contribution in [0.2, 0.25) is 0 Å². The number of anilines is 3. The van der Waals surface area contributed by atoms with Crippen LogP contribution in [0.4, 0.5) is 17.1 Å². The zero-order valence-electron chi connectivity index (χ0n) is 33.4. The second-order valence-corrected chi connectivity index (χ2v) is 17.1. The van der Waals surface area contributed by atoms with Gasteiger partial charge in [-0.05, 0) is 126 Å². The Morgan fingerprint density at radius 1 is 0.431 bits per heavy atom. The van der Waals surface area contributed by atoms with Crippen LogP contribution in [0, 0.1) is 0 Å². The molecule has 0 saturated heterocycles. The lowest BCUT2D eigenvalue weighted by Gasteiger charge is -2.30. The highest BCUT2D eigenvalue weighted by Gasteiger charge is 2.36. The van der Waals surface area contributed by atoms with Gasteiger partial charge in [0.2, 0.25) is 0 Å². The van der Waals surface area contributed by atoms with Crippen LogP contribution in [0.1, 0.15) is 68.6 Å². The number of fused-ring (bicyclic) bond motifs is 7. The molecule has 0 bridgehead atoms. The van der Waals surface area contributed by atoms with E-state index < -0.39 is 0 Å². The number of hydrogen-bond acceptors (Lipinski definition) is 1. The molecule has 2 aliphatic carbocycles. The molecule has 0 aliphatic heterocycles. The Morgan fingerprint density at radius 2 is 1.07 bits per heavy atom. The van der Waals surface area contributed by atoms with Gasteiger partial charge in [-0.1, -0.05) is 185 Å². The van der Waals surface area contributed by atoms with Gasteiger partial charge in [-0.2, -0.15) is 0 Å². The second kappa shape index (κ2) is 13.9. The van der Waals surface area contributed by atoms with Gasteiger partial charge in [0.25, 0.3) is 0 Å². The van der Waals surface area contributed by atoms with Gasteiger partial charge in [0, 0.05) is 22.4 Å². The van der Waals surface area contributed by atoms with Crippen LogP contribution in [0.3, 0.4) is 0 Å². The van der Waals surface area contributed by atoms with E-state index in [2.05, 4.69) is 201 Å². The van der Waals surface area contributed by atoms with Crippen molar-refractivity contribution in [2.24, 2.45) is 0 Å². The Bertz CT molecular complexity index is 3010. The van der Waals surface area contributed by atoms with Crippen LogP contribution in [-0.4, -0.2) is 0 Å². The fraction of sp³-hybridized carbons (Fsp3) is 0.158. The molecule has 1 fully saturated rings. The molecule has 0 radical (unpaired) electrons. The van der Waals surface area contributed by atoms with E-state index in [4.69, 9.17) is 0 Å². The molecule has 0 unspecified atom stereocenters. The van der Waals surface area contributed by atoms with Crippen LogP contribution in [0.15, 0.2) is 182 Å². The molecule has 0 heterocycles. The summed E-state index contributed by atoms with van der Waals surface area (Å²) >= 11 is 0. The number of nitrogens with zero attached hydrogens (tertiary/aromatic N) is 1. The number of rotatable bonds is 6. The van der Waals surface area contributed by atoms with Crippen molar-refractivity contribution >= 4 is 49.4 Å². The Labute approximate surface area is 342 Å². The summed E-state index contributed by atoms with van der Waals surface area (Å²) in [7, 11) is 0. The van der Waals surface area contributed by atoms with Crippen molar-refractivity contribution < 1.29 is 0 Å². The number of benzene rings is 9. The lowest BCUT2D eigenvalue weighted by Crippen LogP contribution is -2.17. The average Bonchev–Trinajstić information content (AvgIpc) is 3.51. The molecule has 1 heteroatoms. The summed E-state index contributed by atoms with van der Waals surface area (Å²) in [6.45, 7) is 4.76. The standard InChI is InChI=1S/C57H47N/c1-57(2)53-27-10-8-21-49(53)50-36-34-43(37-54(50)57)58(42-32-29-40(30-33-42)45-23-14-25-47-44-20-7-6-17-39(44)31-35-48(45)47)55-28-11-9-22-51(55)52-26-13-19-41-18-12-24-46(56(41)52)38-15-4-3-5-16-38/h6-14,17-38H,3-5,15-16H2,1-2H3. The van der Waals surface area contributed by atoms with E-state index in [0.29, 0.717) is 5.92 Å². The summed E-state index contributed by atoms with van der Waals surface area (Å²) in [6.07, 6.45) is 6.53. The van der Waals surface area contributed by atoms with Crippen molar-refractivity contribution in [1.82, 2.24) is 0 Å². The molecule has 0 atom stereocenters. The number of para-hydroxylation sites is 1. The molecule has 2 aliphatic rings. The van der Waals surface area contributed by atoms with E-state index in [9.17, 15) is 0 Å². The first kappa shape index (κ1) is 34.8. The largest absolute Gasteiger partial charge is 0.310 e.